The highest BCUT2D eigenvalue weighted by Crippen LogP contribution is 2.45. The number of halogens is 3. The number of benzene rings is 1. The van der Waals surface area contributed by atoms with Gasteiger partial charge >= 0.3 is 5.97 Å². The summed E-state index contributed by atoms with van der Waals surface area (Å²) in [5, 5.41) is 62.5. The van der Waals surface area contributed by atoms with Crippen molar-refractivity contribution in [3.05, 3.63) is 29.8 Å². The van der Waals surface area contributed by atoms with Gasteiger partial charge in [-0.05, 0) is 111 Å². The zero-order chi connectivity index (χ0) is 54.6. The monoisotopic (exact) mass is 1090 g/mol. The Hall–Kier alpha value is -1.82. The van der Waals surface area contributed by atoms with E-state index in [2.05, 4.69) is 5.32 Å². The number of sulfone groups is 1. The molecule has 72 heavy (non-hydrogen) atoms. The first-order valence-corrected chi connectivity index (χ1v) is 27.9. The van der Waals surface area contributed by atoms with Crippen LogP contribution in [0.2, 0.25) is 0 Å². The standard InChI is InChI=1S/C51H86Cl2FN3O14S/c1-15-39-50(10,64)42(59)32(6)57(12)27-28(2)24-48(8,63)44(30(4)40(31(5)45(61)70-39)38-25-49(9,67-13)43(60)33(7)69-38)71-46-41(58)37(22-29(3)68-46)56(11)21-20-51(52,53)47(62)55-35(26-54)23-34-16-18-36(19-17-34)72(14,65)66/h16-19,28-33,35,37-44,46,58-60,63-64H,15,20-27H2,1-14H3,(H,55,62)/t28-,29-,30+,31-,32-,33+,35+,37+,38?,39-,40+,41-,42-,43+,44-,46+,48-,49-,50-/m1/s1. The lowest BCUT2D eigenvalue weighted by atomic mass is 9.68. The van der Waals surface area contributed by atoms with Crippen molar-refractivity contribution in [3.8, 4) is 0 Å². The van der Waals surface area contributed by atoms with Crippen LogP contribution in [0.15, 0.2) is 29.2 Å². The molecule has 0 aromatic heterocycles. The molecule has 17 nitrogen and oxygen atoms in total. The molecule has 1 unspecified atom stereocenters. The lowest BCUT2D eigenvalue weighted by molar-refractivity contribution is -0.303. The first-order chi connectivity index (χ1) is 33.1. The number of nitrogens with zero attached hydrogens (tertiary/aromatic N) is 2. The van der Waals surface area contributed by atoms with Crippen LogP contribution in [0, 0.1) is 23.7 Å². The smallest absolute Gasteiger partial charge is 0.309 e. The summed E-state index contributed by atoms with van der Waals surface area (Å²) in [5.74, 6) is -4.34. The second kappa shape index (κ2) is 25.1. The number of alkyl halides is 3. The molecule has 3 fully saturated rings. The van der Waals surface area contributed by atoms with Crippen LogP contribution in [-0.2, 0) is 49.5 Å². The van der Waals surface area contributed by atoms with E-state index in [1.807, 2.05) is 25.7 Å². The fourth-order valence-electron chi connectivity index (χ4n) is 11.4. The number of aliphatic hydroxyl groups excluding tert-OH is 3. The number of likely N-dealkylation sites (N-methyl/N-ethyl adjacent to an activating group) is 2. The second-order valence-electron chi connectivity index (χ2n) is 22.2. The highest BCUT2D eigenvalue weighted by atomic mass is 35.5. The second-order valence-corrected chi connectivity index (χ2v) is 25.7. The molecule has 1 aromatic rings. The predicted molar refractivity (Wildman–Crippen MR) is 272 cm³/mol. The van der Waals surface area contributed by atoms with Gasteiger partial charge in [-0.3, -0.25) is 9.59 Å². The Morgan fingerprint density at radius 2 is 1.64 bits per heavy atom. The Morgan fingerprint density at radius 1 is 1.03 bits per heavy atom. The number of ether oxygens (including phenoxy) is 5. The maximum Gasteiger partial charge on any atom is 0.309 e. The molecule has 0 spiro atoms. The van der Waals surface area contributed by atoms with Crippen LogP contribution in [0.25, 0.3) is 0 Å². The molecule has 0 radical (unpaired) electrons. The van der Waals surface area contributed by atoms with Gasteiger partial charge in [0.1, 0.15) is 36.7 Å². The van der Waals surface area contributed by atoms with Crippen LogP contribution in [0.1, 0.15) is 107 Å². The average molecular weight is 1090 g/mol. The maximum absolute atomic E-state index is 14.6. The maximum atomic E-state index is 14.6. The molecule has 416 valence electrons. The molecular formula is C51H86Cl2FN3O14S. The Morgan fingerprint density at radius 3 is 2.19 bits per heavy atom. The number of esters is 1. The van der Waals surface area contributed by atoms with Gasteiger partial charge < -0.3 is 64.3 Å². The largest absolute Gasteiger partial charge is 0.459 e. The molecule has 3 aliphatic heterocycles. The van der Waals surface area contributed by atoms with Gasteiger partial charge in [0.25, 0.3) is 5.91 Å². The molecule has 1 aromatic carbocycles. The van der Waals surface area contributed by atoms with Crippen LogP contribution >= 0.6 is 23.2 Å². The summed E-state index contributed by atoms with van der Waals surface area (Å²) in [7, 11) is 1.58. The normalized spacial score (nSPS) is 39.9. The minimum atomic E-state index is -3.44. The van der Waals surface area contributed by atoms with Crippen LogP contribution in [0.3, 0.4) is 0 Å². The van der Waals surface area contributed by atoms with E-state index in [9.17, 15) is 47.9 Å². The number of nitrogens with one attached hydrogen (secondary N) is 1. The van der Waals surface area contributed by atoms with Gasteiger partial charge in [-0.1, -0.05) is 63.0 Å². The zero-order valence-electron chi connectivity index (χ0n) is 44.8. The molecule has 0 aliphatic carbocycles. The number of hydrogen-bond acceptors (Lipinski definition) is 16. The third kappa shape index (κ3) is 15.0. The number of carbonyl (C=O) groups excluding carboxylic acids is 2. The van der Waals surface area contributed by atoms with Crippen molar-refractivity contribution in [2.75, 3.05) is 47.2 Å². The highest BCUT2D eigenvalue weighted by molar-refractivity contribution is 7.90. The minimum Gasteiger partial charge on any atom is -0.459 e. The Balaban J connectivity index is 1.67. The number of aliphatic hydroxyl groups is 5. The molecule has 6 N–H and O–H groups in total. The number of rotatable bonds is 15. The number of amides is 1. The van der Waals surface area contributed by atoms with Crippen LogP contribution in [-0.4, -0.2) is 197 Å². The number of cyclic esters (lactones) is 1. The lowest BCUT2D eigenvalue weighted by Crippen LogP contribution is -2.62. The zero-order valence-corrected chi connectivity index (χ0v) is 47.1. The SMILES string of the molecule is CC[C@H]1OC(=O)[C@H](C)[C@@H](C2C[C@@](C)(OC)[C@@H](O)[C@H](C)O2)[C@H](C)[C@@H](O[C@@H]2O[C@H](C)C[C@H](N(C)CCC(Cl)(Cl)C(=O)N[C@H](CF)Cc3ccc(S(C)(=O)=O)cc3)[C@H]2O)[C@](C)(O)C[C@@H](C)CN(C)[C@H](C)[C@@H](O)[C@]1(C)O. The summed E-state index contributed by atoms with van der Waals surface area (Å²) in [6.07, 6.45) is -7.62. The van der Waals surface area contributed by atoms with Crippen molar-refractivity contribution >= 4 is 44.9 Å². The fraction of sp³-hybridized carbons (Fsp3) is 0.843. The Labute approximate surface area is 437 Å². The van der Waals surface area contributed by atoms with Gasteiger partial charge in [0.05, 0.1) is 52.5 Å². The number of methoxy groups -OCH3 is 1. The molecule has 0 saturated carbocycles. The van der Waals surface area contributed by atoms with Crippen molar-refractivity contribution in [2.24, 2.45) is 23.7 Å². The van der Waals surface area contributed by atoms with E-state index in [0.29, 0.717) is 18.5 Å². The predicted octanol–water partition coefficient (Wildman–Crippen LogP) is 4.21. The first-order valence-electron chi connectivity index (χ1n) is 25.3. The summed E-state index contributed by atoms with van der Waals surface area (Å²) in [5.41, 5.74) is -4.06. The van der Waals surface area contributed by atoms with Crippen molar-refractivity contribution < 1.29 is 71.6 Å². The average Bonchev–Trinajstić information content (AvgIpc) is 3.29. The van der Waals surface area contributed by atoms with E-state index in [1.54, 1.807) is 72.7 Å². The fourth-order valence-corrected chi connectivity index (χ4v) is 12.3. The van der Waals surface area contributed by atoms with Crippen molar-refractivity contribution in [1.29, 1.82) is 0 Å². The lowest BCUT2D eigenvalue weighted by Gasteiger charge is -2.51. The molecule has 1 amide bonds. The van der Waals surface area contributed by atoms with Crippen LogP contribution in [0.4, 0.5) is 4.39 Å². The molecule has 4 rings (SSSR count). The quantitative estimate of drug-likeness (QED) is 0.107. The molecule has 3 saturated heterocycles. The van der Waals surface area contributed by atoms with Gasteiger partial charge in [-0.15, -0.1) is 0 Å². The molecule has 19 atom stereocenters. The van der Waals surface area contributed by atoms with Gasteiger partial charge in [-0.25, -0.2) is 12.8 Å². The topological polar surface area (TPSA) is 234 Å². The van der Waals surface area contributed by atoms with Crippen molar-refractivity contribution in [1.82, 2.24) is 15.1 Å². The van der Waals surface area contributed by atoms with E-state index in [-0.39, 0.29) is 49.5 Å². The van der Waals surface area contributed by atoms with Gasteiger partial charge in [-0.2, -0.15) is 0 Å². The van der Waals surface area contributed by atoms with Crippen molar-refractivity contribution in [2.45, 2.75) is 207 Å². The number of carbonyl (C=O) groups is 2. The van der Waals surface area contributed by atoms with E-state index >= 15 is 0 Å². The van der Waals surface area contributed by atoms with Gasteiger partial charge in [0, 0.05) is 57.3 Å². The molecule has 0 bridgehead atoms. The summed E-state index contributed by atoms with van der Waals surface area (Å²) < 4.78 is 67.9. The van der Waals surface area contributed by atoms with Crippen molar-refractivity contribution in [3.63, 3.8) is 0 Å². The van der Waals surface area contributed by atoms with E-state index in [1.165, 1.54) is 26.2 Å². The van der Waals surface area contributed by atoms with Crippen LogP contribution < -0.4 is 5.32 Å². The summed E-state index contributed by atoms with van der Waals surface area (Å²) >= 11 is 13.3. The summed E-state index contributed by atoms with van der Waals surface area (Å²) in [6.45, 7) is 16.9. The molecule has 3 aliphatic rings. The van der Waals surface area contributed by atoms with E-state index in [4.69, 9.17) is 46.9 Å². The first kappa shape index (κ1) is 62.7. The summed E-state index contributed by atoms with van der Waals surface area (Å²) in [4.78, 5) is 31.8. The minimum absolute atomic E-state index is 0.0458. The third-order valence-corrected chi connectivity index (χ3v) is 17.8. The van der Waals surface area contributed by atoms with Gasteiger partial charge in [0.2, 0.25) is 0 Å². The Bertz CT molecular complexity index is 2040. The van der Waals surface area contributed by atoms with E-state index in [0.717, 1.165) is 6.26 Å². The summed E-state index contributed by atoms with van der Waals surface area (Å²) in [6, 6.07) is 3.64. The number of hydrogen-bond donors (Lipinski definition) is 6. The van der Waals surface area contributed by atoms with Crippen LogP contribution in [0.5, 0.6) is 0 Å². The molecule has 3 heterocycles. The van der Waals surface area contributed by atoms with Gasteiger partial charge in [0.15, 0.2) is 20.5 Å². The third-order valence-electron chi connectivity index (χ3n) is 15.9. The highest BCUT2D eigenvalue weighted by Gasteiger charge is 2.55. The molecular weight excluding hydrogens is 1000 g/mol. The Kier molecular flexibility index (Phi) is 21.9. The van der Waals surface area contributed by atoms with E-state index < -0.39 is 141 Å². The molecule has 21 heteroatoms.